The average molecular weight is 283 g/mol. The van der Waals surface area contributed by atoms with Gasteiger partial charge in [-0.25, -0.2) is 17.5 Å². The Labute approximate surface area is 109 Å². The van der Waals surface area contributed by atoms with Gasteiger partial charge in [0.1, 0.15) is 22.3 Å². The topological polar surface area (TPSA) is 119 Å². The summed E-state index contributed by atoms with van der Waals surface area (Å²) in [5.41, 5.74) is 7.52. The third-order valence-corrected chi connectivity index (χ3v) is 3.67. The fourth-order valence-corrected chi connectivity index (χ4v) is 2.55. The lowest BCUT2D eigenvalue weighted by Gasteiger charge is -2.07. The van der Waals surface area contributed by atoms with Crippen LogP contribution < -0.4 is 4.72 Å². The lowest BCUT2D eigenvalue weighted by Crippen LogP contribution is -2.26. The van der Waals surface area contributed by atoms with Gasteiger partial charge in [0, 0.05) is 18.0 Å². The van der Waals surface area contributed by atoms with Gasteiger partial charge in [0.25, 0.3) is 0 Å². The monoisotopic (exact) mass is 283 g/mol. The number of sulfonamides is 1. The molecule has 1 N–H and O–H groups in total. The third-order valence-electron chi connectivity index (χ3n) is 2.17. The Morgan fingerprint density at radius 1 is 1.53 bits per heavy atom. The first kappa shape index (κ1) is 14.9. The molecule has 0 aliphatic rings. The second-order valence-corrected chi connectivity index (χ2v) is 5.17. The number of benzene rings is 1. The Balaban J connectivity index is 2.87. The van der Waals surface area contributed by atoms with E-state index in [-0.39, 0.29) is 13.1 Å². The maximum absolute atomic E-state index is 13.3. The molecule has 9 heteroatoms. The van der Waals surface area contributed by atoms with Gasteiger partial charge in [0.05, 0.1) is 0 Å². The summed E-state index contributed by atoms with van der Waals surface area (Å²) in [6.45, 7) is 0.177. The van der Waals surface area contributed by atoms with Crippen LogP contribution in [0.3, 0.4) is 0 Å². The molecule has 1 aromatic carbocycles. The van der Waals surface area contributed by atoms with Gasteiger partial charge in [-0.3, -0.25) is 0 Å². The minimum absolute atomic E-state index is 0.0305. The van der Waals surface area contributed by atoms with E-state index in [1.165, 1.54) is 12.1 Å². The number of nitriles is 1. The molecule has 0 heterocycles. The molecule has 0 bridgehead atoms. The summed E-state index contributed by atoms with van der Waals surface area (Å²) in [7, 11) is -3.96. The standard InChI is InChI=1S/C10H10FN5O2S/c11-9-3-1-4-10(8(9)7-12)19(17,18)15-6-2-5-14-16-13/h1,3-4,15H,2,5-6H2. The molecule has 0 aliphatic heterocycles. The van der Waals surface area contributed by atoms with Crippen LogP contribution in [0.5, 0.6) is 0 Å². The fraction of sp³-hybridized carbons (Fsp3) is 0.300. The van der Waals surface area contributed by atoms with Crippen LogP contribution in [0.2, 0.25) is 0 Å². The van der Waals surface area contributed by atoms with Crippen molar-refractivity contribution in [1.82, 2.24) is 4.72 Å². The van der Waals surface area contributed by atoms with Crippen molar-refractivity contribution in [2.24, 2.45) is 5.11 Å². The Morgan fingerprint density at radius 2 is 2.26 bits per heavy atom. The number of hydrogen-bond acceptors (Lipinski definition) is 4. The molecule has 100 valence electrons. The molecule has 1 aromatic rings. The highest BCUT2D eigenvalue weighted by atomic mass is 32.2. The maximum atomic E-state index is 13.3. The van der Waals surface area contributed by atoms with Crippen LogP contribution in [0.1, 0.15) is 12.0 Å². The fourth-order valence-electron chi connectivity index (χ4n) is 1.32. The highest BCUT2D eigenvalue weighted by Gasteiger charge is 2.20. The molecule has 0 aliphatic carbocycles. The zero-order valence-electron chi connectivity index (χ0n) is 9.74. The van der Waals surface area contributed by atoms with Gasteiger partial charge >= 0.3 is 0 Å². The molecular weight excluding hydrogens is 273 g/mol. The quantitative estimate of drug-likeness (QED) is 0.370. The molecule has 7 nitrogen and oxygen atoms in total. The number of halogens is 1. The Bertz CT molecular complexity index is 646. The van der Waals surface area contributed by atoms with E-state index in [1.807, 2.05) is 0 Å². The zero-order chi connectivity index (χ0) is 14.3. The predicted octanol–water partition coefficient (Wildman–Crippen LogP) is 1.68. The molecular formula is C10H10FN5O2S. The van der Waals surface area contributed by atoms with Crippen molar-refractivity contribution in [3.63, 3.8) is 0 Å². The zero-order valence-corrected chi connectivity index (χ0v) is 10.6. The molecule has 19 heavy (non-hydrogen) atoms. The van der Waals surface area contributed by atoms with Crippen LogP contribution in [-0.2, 0) is 10.0 Å². The minimum Gasteiger partial charge on any atom is -0.211 e. The van der Waals surface area contributed by atoms with E-state index < -0.39 is 26.3 Å². The van der Waals surface area contributed by atoms with E-state index in [2.05, 4.69) is 14.7 Å². The number of nitrogens with zero attached hydrogens (tertiary/aromatic N) is 4. The molecule has 0 radical (unpaired) electrons. The molecule has 0 atom stereocenters. The molecule has 0 saturated heterocycles. The average Bonchev–Trinajstić information content (AvgIpc) is 2.38. The van der Waals surface area contributed by atoms with Crippen LogP contribution in [0, 0.1) is 17.1 Å². The van der Waals surface area contributed by atoms with Gasteiger partial charge < -0.3 is 0 Å². The van der Waals surface area contributed by atoms with Gasteiger partial charge in [0.2, 0.25) is 10.0 Å². The smallest absolute Gasteiger partial charge is 0.211 e. The summed E-state index contributed by atoms with van der Waals surface area (Å²) in [6, 6.07) is 4.90. The Hall–Kier alpha value is -2.14. The first-order valence-corrected chi connectivity index (χ1v) is 6.70. The van der Waals surface area contributed by atoms with E-state index in [4.69, 9.17) is 10.8 Å². The minimum atomic E-state index is -3.96. The molecule has 0 saturated carbocycles. The summed E-state index contributed by atoms with van der Waals surface area (Å²) in [5.74, 6) is -0.889. The van der Waals surface area contributed by atoms with Gasteiger partial charge in [-0.05, 0) is 24.1 Å². The first-order chi connectivity index (χ1) is 9.03. The van der Waals surface area contributed by atoms with Gasteiger partial charge in [-0.1, -0.05) is 11.2 Å². The van der Waals surface area contributed by atoms with E-state index in [0.29, 0.717) is 6.42 Å². The molecule has 1 rings (SSSR count). The molecule has 0 amide bonds. The van der Waals surface area contributed by atoms with Crippen LogP contribution in [-0.4, -0.2) is 21.5 Å². The van der Waals surface area contributed by atoms with Crippen molar-refractivity contribution < 1.29 is 12.8 Å². The van der Waals surface area contributed by atoms with Crippen molar-refractivity contribution >= 4 is 10.0 Å². The van der Waals surface area contributed by atoms with Gasteiger partial charge in [0.15, 0.2) is 0 Å². The lowest BCUT2D eigenvalue weighted by molar-refractivity contribution is 0.574. The van der Waals surface area contributed by atoms with Crippen molar-refractivity contribution in [1.29, 1.82) is 5.26 Å². The second kappa shape index (κ2) is 6.70. The van der Waals surface area contributed by atoms with E-state index in [1.54, 1.807) is 0 Å². The molecule has 0 unspecified atom stereocenters. The summed E-state index contributed by atoms with van der Waals surface area (Å²) in [6.07, 6.45) is 0.306. The maximum Gasteiger partial charge on any atom is 0.241 e. The highest BCUT2D eigenvalue weighted by molar-refractivity contribution is 7.89. The third kappa shape index (κ3) is 3.93. The highest BCUT2D eigenvalue weighted by Crippen LogP contribution is 2.17. The van der Waals surface area contributed by atoms with Crippen LogP contribution in [0.15, 0.2) is 28.2 Å². The molecule has 0 fully saturated rings. The summed E-state index contributed by atoms with van der Waals surface area (Å²) in [4.78, 5) is 2.12. The lowest BCUT2D eigenvalue weighted by atomic mass is 10.2. The summed E-state index contributed by atoms with van der Waals surface area (Å²) < 4.78 is 39.2. The molecule has 0 spiro atoms. The van der Waals surface area contributed by atoms with Crippen LogP contribution >= 0.6 is 0 Å². The van der Waals surface area contributed by atoms with Gasteiger partial charge in [-0.15, -0.1) is 0 Å². The van der Waals surface area contributed by atoms with E-state index in [9.17, 15) is 12.8 Å². The first-order valence-electron chi connectivity index (χ1n) is 5.22. The normalized spacial score (nSPS) is 10.5. The Morgan fingerprint density at radius 3 is 2.89 bits per heavy atom. The largest absolute Gasteiger partial charge is 0.241 e. The second-order valence-electron chi connectivity index (χ2n) is 3.43. The van der Waals surface area contributed by atoms with Crippen molar-refractivity contribution in [3.8, 4) is 6.07 Å². The number of hydrogen-bond donors (Lipinski definition) is 1. The number of nitrogens with one attached hydrogen (secondary N) is 1. The summed E-state index contributed by atoms with van der Waals surface area (Å²) >= 11 is 0. The molecule has 0 aromatic heterocycles. The Kier molecular flexibility index (Phi) is 5.26. The van der Waals surface area contributed by atoms with E-state index in [0.717, 1.165) is 12.1 Å². The van der Waals surface area contributed by atoms with Crippen molar-refractivity contribution in [3.05, 3.63) is 40.0 Å². The number of rotatable bonds is 6. The van der Waals surface area contributed by atoms with E-state index >= 15 is 0 Å². The van der Waals surface area contributed by atoms with Crippen molar-refractivity contribution in [2.45, 2.75) is 11.3 Å². The van der Waals surface area contributed by atoms with Crippen LogP contribution in [0.25, 0.3) is 10.4 Å². The summed E-state index contributed by atoms with van der Waals surface area (Å²) in [5, 5.41) is 12.0. The van der Waals surface area contributed by atoms with Gasteiger partial charge in [-0.2, -0.15) is 5.26 Å². The SMILES string of the molecule is N#Cc1c(F)cccc1S(=O)(=O)NCCCN=[N+]=[N-]. The number of azide groups is 1. The van der Waals surface area contributed by atoms with Crippen LogP contribution in [0.4, 0.5) is 4.39 Å². The van der Waals surface area contributed by atoms with Crippen molar-refractivity contribution in [2.75, 3.05) is 13.1 Å². The predicted molar refractivity (Wildman–Crippen MR) is 64.9 cm³/mol.